The van der Waals surface area contributed by atoms with Gasteiger partial charge in [-0.05, 0) is 103 Å². The molecule has 1 aromatic carbocycles. The van der Waals surface area contributed by atoms with Crippen molar-refractivity contribution in [3.8, 4) is 0 Å². The third-order valence-electron chi connectivity index (χ3n) is 12.5. The average molecular weight is 510 g/mol. The van der Waals surface area contributed by atoms with Gasteiger partial charge in [-0.15, -0.1) is 0 Å². The molecule has 4 heteroatoms. The Kier molecular flexibility index (Phi) is 6.49. The molecular weight excluding hydrogens is 461 g/mol. The van der Waals surface area contributed by atoms with Crippen molar-refractivity contribution < 1.29 is 14.3 Å². The van der Waals surface area contributed by atoms with E-state index in [1.165, 1.54) is 44.6 Å². The van der Waals surface area contributed by atoms with Crippen LogP contribution in [0.3, 0.4) is 0 Å². The maximum absolute atomic E-state index is 14.3. The Hall–Kier alpha value is -1.68. The largest absolute Gasteiger partial charge is 0.393 e. The van der Waals surface area contributed by atoms with E-state index in [4.69, 9.17) is 0 Å². The molecule has 0 bridgehead atoms. The molecule has 0 unspecified atom stereocenters. The van der Waals surface area contributed by atoms with Gasteiger partial charge in [-0.2, -0.15) is 0 Å². The predicted molar refractivity (Wildman–Crippen MR) is 148 cm³/mol. The number of aliphatic hydroxyl groups is 1. The number of nitrogens with zero attached hydrogens (tertiary/aromatic N) is 1. The van der Waals surface area contributed by atoms with E-state index in [9.17, 15) is 14.3 Å². The van der Waals surface area contributed by atoms with Gasteiger partial charge >= 0.3 is 0 Å². The van der Waals surface area contributed by atoms with E-state index in [2.05, 4.69) is 41.5 Å². The topological polar surface area (TPSA) is 40.5 Å². The summed E-state index contributed by atoms with van der Waals surface area (Å²) < 4.78 is 14.3. The molecule has 4 aliphatic carbocycles. The summed E-state index contributed by atoms with van der Waals surface area (Å²) in [6.45, 7) is 15.2. The van der Waals surface area contributed by atoms with Crippen LogP contribution in [0.4, 0.5) is 4.39 Å². The molecule has 1 N–H and O–H groups in total. The Morgan fingerprint density at radius 1 is 1.03 bits per heavy atom. The highest BCUT2D eigenvalue weighted by Gasteiger charge is 2.63. The third-order valence-corrected chi connectivity index (χ3v) is 12.5. The molecule has 0 radical (unpaired) electrons. The number of rotatable bonds is 4. The SMILES string of the molecule is C[C@H](CN(C)C(=O)c1ccccc1F)[C@H]1CC[C@@]2(C)C3=C(CC[C@]12C)[C@@]1(C)CC[C@H](O)C(C)(C)[C@@H]1CC3. The highest BCUT2D eigenvalue weighted by molar-refractivity contribution is 5.94. The summed E-state index contributed by atoms with van der Waals surface area (Å²) in [6, 6.07) is 6.31. The Bertz CT molecular complexity index is 1110. The number of aliphatic hydroxyl groups excluding tert-OH is 1. The molecule has 0 saturated heterocycles. The molecular formula is C33H48FNO2. The molecule has 2 fully saturated rings. The molecule has 0 aliphatic heterocycles. The van der Waals surface area contributed by atoms with E-state index < -0.39 is 5.82 Å². The van der Waals surface area contributed by atoms with Crippen LogP contribution in [0.2, 0.25) is 0 Å². The summed E-state index contributed by atoms with van der Waals surface area (Å²) in [6.07, 6.45) is 8.96. The summed E-state index contributed by atoms with van der Waals surface area (Å²) in [5.41, 5.74) is 4.23. The van der Waals surface area contributed by atoms with Gasteiger partial charge in [0.1, 0.15) is 5.82 Å². The van der Waals surface area contributed by atoms with Crippen LogP contribution in [-0.4, -0.2) is 35.6 Å². The van der Waals surface area contributed by atoms with Crippen molar-refractivity contribution in [2.45, 2.75) is 99.0 Å². The van der Waals surface area contributed by atoms with Crippen molar-refractivity contribution >= 4 is 5.91 Å². The van der Waals surface area contributed by atoms with Crippen molar-refractivity contribution in [1.29, 1.82) is 0 Å². The molecule has 3 nitrogen and oxygen atoms in total. The van der Waals surface area contributed by atoms with Gasteiger partial charge < -0.3 is 10.0 Å². The molecule has 2 saturated carbocycles. The number of hydrogen-bond acceptors (Lipinski definition) is 2. The Morgan fingerprint density at radius 2 is 1.73 bits per heavy atom. The average Bonchev–Trinajstić information content (AvgIpc) is 3.13. The lowest BCUT2D eigenvalue weighted by atomic mass is 9.43. The zero-order chi connectivity index (χ0) is 27.0. The van der Waals surface area contributed by atoms with Crippen LogP contribution in [0.15, 0.2) is 35.4 Å². The van der Waals surface area contributed by atoms with E-state index >= 15 is 0 Å². The first-order chi connectivity index (χ1) is 17.3. The Balaban J connectivity index is 1.39. The highest BCUT2D eigenvalue weighted by atomic mass is 19.1. The maximum Gasteiger partial charge on any atom is 0.256 e. The van der Waals surface area contributed by atoms with E-state index in [1.807, 2.05) is 7.05 Å². The minimum absolute atomic E-state index is 0.0325. The number of benzene rings is 1. The molecule has 204 valence electrons. The van der Waals surface area contributed by atoms with E-state index in [0.717, 1.165) is 12.8 Å². The summed E-state index contributed by atoms with van der Waals surface area (Å²) >= 11 is 0. The quantitative estimate of drug-likeness (QED) is 0.424. The molecule has 0 heterocycles. The second-order valence-corrected chi connectivity index (χ2v) is 14.4. The number of carbonyl (C=O) groups excluding carboxylic acids is 1. The third kappa shape index (κ3) is 3.79. The zero-order valence-corrected chi connectivity index (χ0v) is 24.2. The lowest BCUT2D eigenvalue weighted by Crippen LogP contribution is -2.55. The van der Waals surface area contributed by atoms with E-state index in [1.54, 1.807) is 34.2 Å². The molecule has 0 spiro atoms. The van der Waals surface area contributed by atoms with Gasteiger partial charge in [-0.1, -0.05) is 64.8 Å². The maximum atomic E-state index is 14.3. The van der Waals surface area contributed by atoms with Crippen molar-refractivity contribution in [2.24, 2.45) is 39.4 Å². The van der Waals surface area contributed by atoms with E-state index in [0.29, 0.717) is 24.3 Å². The monoisotopic (exact) mass is 509 g/mol. The fourth-order valence-corrected chi connectivity index (χ4v) is 10.1. The van der Waals surface area contributed by atoms with Crippen LogP contribution in [0, 0.1) is 45.2 Å². The van der Waals surface area contributed by atoms with Crippen LogP contribution >= 0.6 is 0 Å². The summed E-state index contributed by atoms with van der Waals surface area (Å²) in [5, 5.41) is 10.9. The van der Waals surface area contributed by atoms with Crippen molar-refractivity contribution in [3.05, 3.63) is 46.8 Å². The molecule has 1 aromatic rings. The van der Waals surface area contributed by atoms with Crippen LogP contribution in [0.1, 0.15) is 103 Å². The molecule has 0 aromatic heterocycles. The van der Waals surface area contributed by atoms with Crippen LogP contribution in [-0.2, 0) is 0 Å². The van der Waals surface area contributed by atoms with Crippen LogP contribution in [0.25, 0.3) is 0 Å². The lowest BCUT2D eigenvalue weighted by Gasteiger charge is -2.62. The summed E-state index contributed by atoms with van der Waals surface area (Å²) in [5.74, 6) is 0.770. The Morgan fingerprint density at radius 3 is 2.43 bits per heavy atom. The van der Waals surface area contributed by atoms with Gasteiger partial charge in [0.25, 0.3) is 5.91 Å². The first kappa shape index (κ1) is 26.9. The fraction of sp³-hybridized carbons (Fsp3) is 0.727. The number of halogens is 1. The zero-order valence-electron chi connectivity index (χ0n) is 24.2. The number of allylic oxidation sites excluding steroid dienone is 2. The first-order valence-corrected chi connectivity index (χ1v) is 14.7. The summed E-state index contributed by atoms with van der Waals surface area (Å²) in [7, 11) is 1.82. The van der Waals surface area contributed by atoms with Crippen LogP contribution in [0.5, 0.6) is 0 Å². The minimum atomic E-state index is -0.443. The van der Waals surface area contributed by atoms with Gasteiger partial charge in [0.15, 0.2) is 0 Å². The molecule has 37 heavy (non-hydrogen) atoms. The highest BCUT2D eigenvalue weighted by Crippen LogP contribution is 2.72. The van der Waals surface area contributed by atoms with Gasteiger partial charge in [0, 0.05) is 13.6 Å². The second kappa shape index (κ2) is 8.93. The van der Waals surface area contributed by atoms with Gasteiger partial charge in [-0.25, -0.2) is 4.39 Å². The smallest absolute Gasteiger partial charge is 0.256 e. The standard InChI is InChI=1S/C33H48FNO2/c1-21(20-35(7)29(37)22-10-8-9-11-26(22)34)23-14-18-33(6)25-12-13-27-30(2,3)28(36)16-17-31(27,4)24(25)15-19-32(23,33)5/h8-11,21,23,27-28,36H,12-20H2,1-7H3/t21-,23-,27+,28+,31-,32-,33+/m1/s1. The molecule has 4 aliphatic rings. The normalized spacial score (nSPS) is 39.4. The van der Waals surface area contributed by atoms with Crippen molar-refractivity contribution in [1.82, 2.24) is 4.90 Å². The van der Waals surface area contributed by atoms with Gasteiger partial charge in [-0.3, -0.25) is 4.79 Å². The fourth-order valence-electron chi connectivity index (χ4n) is 10.1. The predicted octanol–water partition coefficient (Wildman–Crippen LogP) is 7.64. The first-order valence-electron chi connectivity index (χ1n) is 14.7. The van der Waals surface area contributed by atoms with Crippen LogP contribution < -0.4 is 0 Å². The number of carbonyl (C=O) groups is 1. The number of hydrogen-bond donors (Lipinski definition) is 1. The summed E-state index contributed by atoms with van der Waals surface area (Å²) in [4.78, 5) is 14.8. The number of fused-ring (bicyclic) bond motifs is 4. The molecule has 5 rings (SSSR count). The molecule has 7 atom stereocenters. The lowest BCUT2D eigenvalue weighted by molar-refractivity contribution is -0.0962. The van der Waals surface area contributed by atoms with Crippen molar-refractivity contribution in [2.75, 3.05) is 13.6 Å². The van der Waals surface area contributed by atoms with Crippen molar-refractivity contribution in [3.63, 3.8) is 0 Å². The second-order valence-electron chi connectivity index (χ2n) is 14.4. The number of amides is 1. The van der Waals surface area contributed by atoms with Gasteiger partial charge in [0.2, 0.25) is 0 Å². The minimum Gasteiger partial charge on any atom is -0.393 e. The van der Waals surface area contributed by atoms with E-state index in [-0.39, 0.29) is 39.2 Å². The Labute approximate surface area is 223 Å². The molecule has 1 amide bonds. The van der Waals surface area contributed by atoms with Gasteiger partial charge in [0.05, 0.1) is 11.7 Å².